The van der Waals surface area contributed by atoms with Crippen LogP contribution in [0.3, 0.4) is 0 Å². The highest BCUT2D eigenvalue weighted by molar-refractivity contribution is 7.89. The average Bonchev–Trinajstić information content (AvgIpc) is 2.55. The normalized spacial score (nSPS) is 11.8. The molecule has 24 heavy (non-hydrogen) atoms. The third kappa shape index (κ3) is 4.11. The van der Waals surface area contributed by atoms with Crippen molar-refractivity contribution in [3.63, 3.8) is 0 Å². The molecular weight excluding hydrogens is 350 g/mol. The van der Waals surface area contributed by atoms with Crippen LogP contribution in [0, 0.1) is 0 Å². The lowest BCUT2D eigenvalue weighted by molar-refractivity contribution is 0.102. The summed E-state index contributed by atoms with van der Waals surface area (Å²) >= 11 is 5.68. The largest absolute Gasteiger partial charge is 0.322 e. The molecule has 1 aromatic heterocycles. The molecule has 1 amide bonds. The van der Waals surface area contributed by atoms with E-state index in [-0.39, 0.29) is 16.8 Å². The Morgan fingerprint density at radius 3 is 2.29 bits per heavy atom. The number of rotatable bonds is 5. The van der Waals surface area contributed by atoms with Crippen LogP contribution in [0.4, 0.5) is 5.69 Å². The predicted octanol–water partition coefficient (Wildman–Crippen LogP) is 3.02. The van der Waals surface area contributed by atoms with Crippen molar-refractivity contribution >= 4 is 33.2 Å². The van der Waals surface area contributed by atoms with Gasteiger partial charge in [0.05, 0.1) is 10.5 Å². The van der Waals surface area contributed by atoms with Crippen molar-refractivity contribution in [3.8, 4) is 0 Å². The van der Waals surface area contributed by atoms with Crippen LogP contribution < -0.4 is 5.32 Å². The Labute approximate surface area is 146 Å². The highest BCUT2D eigenvalue weighted by Gasteiger charge is 2.22. The number of pyridine rings is 1. The number of amides is 1. The third-order valence-corrected chi connectivity index (χ3v) is 5.78. The van der Waals surface area contributed by atoms with Gasteiger partial charge in [-0.25, -0.2) is 13.4 Å². The van der Waals surface area contributed by atoms with Gasteiger partial charge in [0.15, 0.2) is 0 Å². The molecule has 6 nitrogen and oxygen atoms in total. The molecule has 1 heterocycles. The maximum atomic E-state index is 12.4. The highest BCUT2D eigenvalue weighted by atomic mass is 35.5. The van der Waals surface area contributed by atoms with Gasteiger partial charge in [0.25, 0.3) is 5.91 Å². The predicted molar refractivity (Wildman–Crippen MR) is 93.7 cm³/mol. The van der Waals surface area contributed by atoms with Crippen molar-refractivity contribution in [2.75, 3.05) is 12.4 Å². The van der Waals surface area contributed by atoms with Crippen molar-refractivity contribution in [2.24, 2.45) is 0 Å². The minimum absolute atomic E-state index is 0.146. The molecule has 0 aliphatic carbocycles. The summed E-state index contributed by atoms with van der Waals surface area (Å²) in [6.07, 6.45) is 1.37. The number of benzene rings is 1. The molecule has 128 valence electrons. The summed E-state index contributed by atoms with van der Waals surface area (Å²) in [5.74, 6) is -0.353. The van der Waals surface area contributed by atoms with Gasteiger partial charge < -0.3 is 5.32 Å². The molecule has 0 radical (unpaired) electrons. The van der Waals surface area contributed by atoms with Crippen LogP contribution in [0.2, 0.25) is 5.15 Å². The highest BCUT2D eigenvalue weighted by Crippen LogP contribution is 2.19. The Hall–Kier alpha value is -1.96. The molecule has 0 unspecified atom stereocenters. The molecule has 1 N–H and O–H groups in total. The number of sulfonamides is 1. The number of nitrogens with one attached hydrogen (secondary N) is 1. The van der Waals surface area contributed by atoms with Crippen molar-refractivity contribution in [3.05, 3.63) is 53.3 Å². The van der Waals surface area contributed by atoms with Crippen LogP contribution in [-0.4, -0.2) is 36.7 Å². The molecule has 0 bridgehead atoms. The number of nitrogens with zero attached hydrogens (tertiary/aromatic N) is 2. The minimum atomic E-state index is -3.54. The molecule has 2 aromatic rings. The second kappa shape index (κ2) is 7.29. The summed E-state index contributed by atoms with van der Waals surface area (Å²) in [6, 6.07) is 8.94. The number of carbonyl (C=O) groups is 1. The van der Waals surface area contributed by atoms with Gasteiger partial charge >= 0.3 is 0 Å². The fraction of sp³-hybridized carbons (Fsp3) is 0.250. The lowest BCUT2D eigenvalue weighted by atomic mass is 10.2. The Morgan fingerprint density at radius 2 is 1.79 bits per heavy atom. The molecule has 0 aliphatic rings. The first-order chi connectivity index (χ1) is 11.2. The van der Waals surface area contributed by atoms with E-state index in [0.717, 1.165) is 0 Å². The number of hydrogen-bond acceptors (Lipinski definition) is 4. The van der Waals surface area contributed by atoms with Crippen molar-refractivity contribution in [1.82, 2.24) is 9.29 Å². The Bertz CT molecular complexity index is 819. The second-order valence-electron chi connectivity index (χ2n) is 5.46. The first-order valence-corrected chi connectivity index (χ1v) is 9.04. The number of carbonyl (C=O) groups excluding carboxylic acids is 1. The lowest BCUT2D eigenvalue weighted by Gasteiger charge is -2.21. The monoisotopic (exact) mass is 367 g/mol. The molecule has 0 atom stereocenters. The Morgan fingerprint density at radius 1 is 1.17 bits per heavy atom. The van der Waals surface area contributed by atoms with Gasteiger partial charge in [0.1, 0.15) is 5.15 Å². The second-order valence-corrected chi connectivity index (χ2v) is 7.85. The maximum absolute atomic E-state index is 12.4. The van der Waals surface area contributed by atoms with Gasteiger partial charge in [-0.2, -0.15) is 4.31 Å². The maximum Gasteiger partial charge on any atom is 0.257 e. The molecule has 0 spiro atoms. The van der Waals surface area contributed by atoms with Crippen LogP contribution in [0.15, 0.2) is 47.5 Å². The molecule has 8 heteroatoms. The van der Waals surface area contributed by atoms with E-state index >= 15 is 0 Å². The molecule has 0 saturated heterocycles. The van der Waals surface area contributed by atoms with E-state index in [9.17, 15) is 13.2 Å². The third-order valence-electron chi connectivity index (χ3n) is 3.51. The van der Waals surface area contributed by atoms with Gasteiger partial charge in [-0.15, -0.1) is 0 Å². The fourth-order valence-electron chi connectivity index (χ4n) is 1.87. The molecular formula is C16H18ClN3O3S. The van der Waals surface area contributed by atoms with E-state index in [1.54, 1.807) is 32.0 Å². The first kappa shape index (κ1) is 18.4. The lowest BCUT2D eigenvalue weighted by Crippen LogP contribution is -2.33. The smallest absolute Gasteiger partial charge is 0.257 e. The molecule has 0 aliphatic heterocycles. The molecule has 1 aromatic carbocycles. The zero-order valence-corrected chi connectivity index (χ0v) is 15.1. The quantitative estimate of drug-likeness (QED) is 0.824. The van der Waals surface area contributed by atoms with Crippen LogP contribution in [0.5, 0.6) is 0 Å². The van der Waals surface area contributed by atoms with Crippen molar-refractivity contribution < 1.29 is 13.2 Å². The van der Waals surface area contributed by atoms with Crippen LogP contribution in [-0.2, 0) is 10.0 Å². The van der Waals surface area contributed by atoms with E-state index in [2.05, 4.69) is 10.3 Å². The van der Waals surface area contributed by atoms with Crippen LogP contribution in [0.1, 0.15) is 24.2 Å². The van der Waals surface area contributed by atoms with Gasteiger partial charge in [-0.1, -0.05) is 11.6 Å². The van der Waals surface area contributed by atoms with Gasteiger partial charge in [0.2, 0.25) is 10.0 Å². The summed E-state index contributed by atoms with van der Waals surface area (Å²) in [5, 5.41) is 2.98. The summed E-state index contributed by atoms with van der Waals surface area (Å²) in [4.78, 5) is 16.1. The topological polar surface area (TPSA) is 79.4 Å². The summed E-state index contributed by atoms with van der Waals surface area (Å²) < 4.78 is 26.0. The molecule has 0 saturated carbocycles. The molecule has 2 rings (SSSR count). The Kier molecular flexibility index (Phi) is 5.58. The number of aromatic nitrogens is 1. The van der Waals surface area contributed by atoms with E-state index in [0.29, 0.717) is 16.4 Å². The van der Waals surface area contributed by atoms with E-state index in [4.69, 9.17) is 11.6 Å². The summed E-state index contributed by atoms with van der Waals surface area (Å²) in [7, 11) is -2.01. The number of halogens is 1. The van der Waals surface area contributed by atoms with Gasteiger partial charge in [0, 0.05) is 25.0 Å². The average molecular weight is 368 g/mol. The van der Waals surface area contributed by atoms with Crippen molar-refractivity contribution in [2.45, 2.75) is 24.8 Å². The van der Waals surface area contributed by atoms with E-state index in [1.807, 2.05) is 0 Å². The first-order valence-electron chi connectivity index (χ1n) is 7.23. The molecule has 0 fully saturated rings. The van der Waals surface area contributed by atoms with Crippen LogP contribution >= 0.6 is 11.6 Å². The SMILES string of the molecule is CC(C)N(C)S(=O)(=O)c1ccc(NC(=O)c2ccc(Cl)nc2)cc1. The summed E-state index contributed by atoms with van der Waals surface area (Å²) in [5.41, 5.74) is 0.844. The Balaban J connectivity index is 2.15. The zero-order valence-electron chi connectivity index (χ0n) is 13.5. The fourth-order valence-corrected chi connectivity index (χ4v) is 3.35. The van der Waals surface area contributed by atoms with Gasteiger partial charge in [-0.3, -0.25) is 4.79 Å². The van der Waals surface area contributed by atoms with E-state index in [1.165, 1.54) is 35.7 Å². The van der Waals surface area contributed by atoms with Crippen LogP contribution in [0.25, 0.3) is 0 Å². The van der Waals surface area contributed by atoms with E-state index < -0.39 is 10.0 Å². The van der Waals surface area contributed by atoms with Crippen molar-refractivity contribution in [1.29, 1.82) is 0 Å². The zero-order chi connectivity index (χ0) is 17.9. The minimum Gasteiger partial charge on any atom is -0.322 e. The number of anilines is 1. The summed E-state index contributed by atoms with van der Waals surface area (Å²) in [6.45, 7) is 3.60. The number of hydrogen-bond donors (Lipinski definition) is 1. The standard InChI is InChI=1S/C16H18ClN3O3S/c1-11(2)20(3)24(22,23)14-7-5-13(6-8-14)19-16(21)12-4-9-15(17)18-10-12/h4-11H,1-3H3,(H,19,21). The van der Waals surface area contributed by atoms with Gasteiger partial charge in [-0.05, 0) is 50.2 Å².